The highest BCUT2D eigenvalue weighted by Crippen LogP contribution is 2.42. The number of nitrogens with one attached hydrogen (secondary N) is 1. The third-order valence-corrected chi connectivity index (χ3v) is 6.05. The number of amides is 3. The molecule has 4 rings (SSSR count). The predicted octanol–water partition coefficient (Wildman–Crippen LogP) is 3.31. The average molecular weight is 376 g/mol. The normalized spacial score (nSPS) is 24.2. The molecule has 3 amide bonds. The summed E-state index contributed by atoms with van der Waals surface area (Å²) in [6.45, 7) is 2.05. The van der Waals surface area contributed by atoms with E-state index in [4.69, 9.17) is 0 Å². The Labute approximate surface area is 164 Å². The van der Waals surface area contributed by atoms with Gasteiger partial charge in [-0.2, -0.15) is 0 Å². The molecule has 144 valence electrons. The summed E-state index contributed by atoms with van der Waals surface area (Å²) in [5, 5.41) is 2.66. The molecule has 1 aliphatic carbocycles. The van der Waals surface area contributed by atoms with E-state index in [9.17, 15) is 14.4 Å². The topological polar surface area (TPSA) is 66.5 Å². The zero-order valence-corrected chi connectivity index (χ0v) is 16.1. The first-order valence-corrected chi connectivity index (χ1v) is 9.76. The van der Waals surface area contributed by atoms with E-state index in [-0.39, 0.29) is 35.5 Å². The monoisotopic (exact) mass is 376 g/mol. The maximum atomic E-state index is 13.0. The summed E-state index contributed by atoms with van der Waals surface area (Å²) in [7, 11) is 1.61. The number of aryl methyl sites for hydroxylation is 1. The van der Waals surface area contributed by atoms with E-state index in [2.05, 4.69) is 29.6 Å². The van der Waals surface area contributed by atoms with Gasteiger partial charge in [0.25, 0.3) is 0 Å². The van der Waals surface area contributed by atoms with Crippen LogP contribution < -0.4 is 10.2 Å². The molecule has 1 saturated heterocycles. The van der Waals surface area contributed by atoms with Gasteiger partial charge in [0.1, 0.15) is 0 Å². The van der Waals surface area contributed by atoms with Crippen molar-refractivity contribution < 1.29 is 14.4 Å². The lowest BCUT2D eigenvalue weighted by Gasteiger charge is -2.27. The Morgan fingerprint density at radius 3 is 2.07 bits per heavy atom. The van der Waals surface area contributed by atoms with Crippen molar-refractivity contribution >= 4 is 23.4 Å². The van der Waals surface area contributed by atoms with Gasteiger partial charge < -0.3 is 5.32 Å². The standard InChI is InChI=1S/C23H24N2O3/c1-14-3-5-15(6-4-14)16-7-10-18(11-8-16)25-22(27)19-12-9-17(21(26)24-2)13-20(19)23(25)28/h3-8,10-11,17,19-20H,9,12-13H2,1-2H3,(H,24,26). The molecule has 1 N–H and O–H groups in total. The highest BCUT2D eigenvalue weighted by Gasteiger charge is 2.51. The van der Waals surface area contributed by atoms with Gasteiger partial charge in [-0.1, -0.05) is 42.0 Å². The fourth-order valence-electron chi connectivity index (χ4n) is 4.43. The molecule has 5 nitrogen and oxygen atoms in total. The van der Waals surface area contributed by atoms with E-state index in [0.29, 0.717) is 24.9 Å². The molecule has 1 aliphatic heterocycles. The quantitative estimate of drug-likeness (QED) is 0.836. The smallest absolute Gasteiger partial charge is 0.237 e. The molecule has 1 saturated carbocycles. The molecule has 0 radical (unpaired) electrons. The molecular formula is C23H24N2O3. The number of benzene rings is 2. The first-order valence-electron chi connectivity index (χ1n) is 9.76. The van der Waals surface area contributed by atoms with Crippen molar-refractivity contribution in [3.63, 3.8) is 0 Å². The molecule has 5 heteroatoms. The fourth-order valence-corrected chi connectivity index (χ4v) is 4.43. The lowest BCUT2D eigenvalue weighted by atomic mass is 9.75. The van der Waals surface area contributed by atoms with Gasteiger partial charge in [0.2, 0.25) is 17.7 Å². The van der Waals surface area contributed by atoms with Crippen molar-refractivity contribution in [1.82, 2.24) is 5.32 Å². The first-order chi connectivity index (χ1) is 13.5. The molecule has 1 heterocycles. The van der Waals surface area contributed by atoms with Crippen LogP contribution in [0, 0.1) is 24.7 Å². The molecule has 28 heavy (non-hydrogen) atoms. The van der Waals surface area contributed by atoms with Gasteiger partial charge in [-0.3, -0.25) is 19.3 Å². The summed E-state index contributed by atoms with van der Waals surface area (Å²) >= 11 is 0. The SMILES string of the molecule is CNC(=O)C1CCC2C(=O)N(c3ccc(-c4ccc(C)cc4)cc3)C(=O)C2C1. The van der Waals surface area contributed by atoms with Crippen molar-refractivity contribution in [3.8, 4) is 11.1 Å². The maximum absolute atomic E-state index is 13.0. The second kappa shape index (κ2) is 7.23. The molecule has 2 aromatic rings. The minimum absolute atomic E-state index is 0.0420. The summed E-state index contributed by atoms with van der Waals surface area (Å²) in [4.78, 5) is 39.2. The Morgan fingerprint density at radius 1 is 0.893 bits per heavy atom. The van der Waals surface area contributed by atoms with Crippen molar-refractivity contribution in [1.29, 1.82) is 0 Å². The summed E-state index contributed by atoms with van der Waals surface area (Å²) in [5.41, 5.74) is 3.95. The minimum atomic E-state index is -0.389. The minimum Gasteiger partial charge on any atom is -0.359 e. The lowest BCUT2D eigenvalue weighted by Crippen LogP contribution is -2.35. The van der Waals surface area contributed by atoms with Gasteiger partial charge in [0.05, 0.1) is 17.5 Å². The second-order valence-corrected chi connectivity index (χ2v) is 7.76. The van der Waals surface area contributed by atoms with Crippen LogP contribution in [0.25, 0.3) is 11.1 Å². The number of rotatable bonds is 3. The Bertz CT molecular complexity index is 918. The zero-order valence-electron chi connectivity index (χ0n) is 16.1. The molecule has 3 atom stereocenters. The van der Waals surface area contributed by atoms with E-state index in [1.54, 1.807) is 7.05 Å². The Hall–Kier alpha value is -2.95. The number of nitrogens with zero attached hydrogens (tertiary/aromatic N) is 1. The van der Waals surface area contributed by atoms with Gasteiger partial charge in [0.15, 0.2) is 0 Å². The molecule has 2 fully saturated rings. The molecule has 0 aromatic heterocycles. The number of carbonyl (C=O) groups is 3. The van der Waals surface area contributed by atoms with E-state index in [1.807, 2.05) is 31.2 Å². The van der Waals surface area contributed by atoms with Crippen LogP contribution in [0.4, 0.5) is 5.69 Å². The number of imide groups is 1. The summed E-state index contributed by atoms with van der Waals surface area (Å²) < 4.78 is 0. The van der Waals surface area contributed by atoms with Crippen molar-refractivity contribution in [2.75, 3.05) is 11.9 Å². The summed E-state index contributed by atoms with van der Waals surface area (Å²) in [5.74, 6) is -1.22. The van der Waals surface area contributed by atoms with Gasteiger partial charge in [-0.25, -0.2) is 0 Å². The average Bonchev–Trinajstić information content (AvgIpc) is 2.98. The zero-order chi connectivity index (χ0) is 19.8. The summed E-state index contributed by atoms with van der Waals surface area (Å²) in [6.07, 6.45) is 1.69. The molecule has 2 aromatic carbocycles. The number of anilines is 1. The van der Waals surface area contributed by atoms with Crippen LogP contribution in [0.1, 0.15) is 24.8 Å². The number of fused-ring (bicyclic) bond motifs is 1. The summed E-state index contributed by atoms with van der Waals surface area (Å²) in [6, 6.07) is 15.8. The van der Waals surface area contributed by atoms with E-state index < -0.39 is 0 Å². The maximum Gasteiger partial charge on any atom is 0.237 e. The fraction of sp³-hybridized carbons (Fsp3) is 0.348. The van der Waals surface area contributed by atoms with Gasteiger partial charge in [-0.05, 0) is 49.4 Å². The van der Waals surface area contributed by atoms with Crippen LogP contribution >= 0.6 is 0 Å². The van der Waals surface area contributed by atoms with Gasteiger partial charge in [-0.15, -0.1) is 0 Å². The van der Waals surface area contributed by atoms with Crippen LogP contribution in [0.15, 0.2) is 48.5 Å². The van der Waals surface area contributed by atoms with Crippen LogP contribution in [0.3, 0.4) is 0 Å². The molecule has 0 spiro atoms. The Balaban J connectivity index is 1.56. The van der Waals surface area contributed by atoms with Crippen LogP contribution in [-0.4, -0.2) is 24.8 Å². The van der Waals surface area contributed by atoms with Crippen LogP contribution in [0.5, 0.6) is 0 Å². The highest BCUT2D eigenvalue weighted by molar-refractivity contribution is 6.22. The van der Waals surface area contributed by atoms with Crippen molar-refractivity contribution in [2.24, 2.45) is 17.8 Å². The predicted molar refractivity (Wildman–Crippen MR) is 107 cm³/mol. The van der Waals surface area contributed by atoms with Gasteiger partial charge >= 0.3 is 0 Å². The third-order valence-electron chi connectivity index (χ3n) is 6.05. The number of carbonyl (C=O) groups excluding carboxylic acids is 3. The Kier molecular flexibility index (Phi) is 4.75. The lowest BCUT2D eigenvalue weighted by molar-refractivity contribution is -0.129. The highest BCUT2D eigenvalue weighted by atomic mass is 16.2. The molecular weight excluding hydrogens is 352 g/mol. The van der Waals surface area contributed by atoms with E-state index >= 15 is 0 Å². The van der Waals surface area contributed by atoms with Crippen LogP contribution in [0.2, 0.25) is 0 Å². The number of hydrogen-bond donors (Lipinski definition) is 1. The van der Waals surface area contributed by atoms with E-state index in [1.165, 1.54) is 10.5 Å². The Morgan fingerprint density at radius 2 is 1.46 bits per heavy atom. The molecule has 0 bridgehead atoms. The number of hydrogen-bond acceptors (Lipinski definition) is 3. The molecule has 3 unspecified atom stereocenters. The van der Waals surface area contributed by atoms with Crippen molar-refractivity contribution in [3.05, 3.63) is 54.1 Å². The second-order valence-electron chi connectivity index (χ2n) is 7.76. The van der Waals surface area contributed by atoms with E-state index in [0.717, 1.165) is 11.1 Å². The third kappa shape index (κ3) is 3.11. The van der Waals surface area contributed by atoms with Crippen LogP contribution in [-0.2, 0) is 14.4 Å². The molecule has 2 aliphatic rings. The van der Waals surface area contributed by atoms with Gasteiger partial charge in [0, 0.05) is 13.0 Å². The van der Waals surface area contributed by atoms with Crippen molar-refractivity contribution in [2.45, 2.75) is 26.2 Å². The first kappa shape index (κ1) is 18.4. The largest absolute Gasteiger partial charge is 0.359 e.